The maximum atomic E-state index is 13.0. The van der Waals surface area contributed by atoms with E-state index in [1.54, 1.807) is 0 Å². The largest absolute Gasteiger partial charge is 0.455 e. The van der Waals surface area contributed by atoms with Gasteiger partial charge >= 0.3 is 5.97 Å². The van der Waals surface area contributed by atoms with Crippen molar-refractivity contribution in [3.8, 4) is 0 Å². The summed E-state index contributed by atoms with van der Waals surface area (Å²) in [5.41, 5.74) is 0.611. The molecule has 0 saturated heterocycles. The zero-order valence-electron chi connectivity index (χ0n) is 21.6. The van der Waals surface area contributed by atoms with E-state index in [0.717, 1.165) is 36.0 Å². The molecule has 9 atom stereocenters. The molecule has 3 heteroatoms. The van der Waals surface area contributed by atoms with Crippen molar-refractivity contribution in [1.29, 1.82) is 0 Å². The Kier molecular flexibility index (Phi) is 6.87. The molecule has 4 saturated carbocycles. The quantitative estimate of drug-likeness (QED) is 0.406. The molecular weight excluding hydrogens is 396 g/mol. The highest BCUT2D eigenvalue weighted by Crippen LogP contribution is 2.68. The van der Waals surface area contributed by atoms with Crippen molar-refractivity contribution in [2.45, 2.75) is 118 Å². The third-order valence-corrected chi connectivity index (χ3v) is 11.0. The van der Waals surface area contributed by atoms with Crippen LogP contribution in [0.4, 0.5) is 0 Å². The molecule has 0 aromatic rings. The third-order valence-electron chi connectivity index (χ3n) is 11.0. The van der Waals surface area contributed by atoms with Crippen LogP contribution in [0, 0.1) is 52.3 Å². The van der Waals surface area contributed by atoms with Crippen molar-refractivity contribution in [2.24, 2.45) is 52.3 Å². The van der Waals surface area contributed by atoms with Gasteiger partial charge in [0.15, 0.2) is 11.9 Å². The summed E-state index contributed by atoms with van der Waals surface area (Å²) in [5, 5.41) is 0. The minimum Gasteiger partial charge on any atom is -0.455 e. The first-order valence-corrected chi connectivity index (χ1v) is 13.8. The summed E-state index contributed by atoms with van der Waals surface area (Å²) in [7, 11) is 0. The Balaban J connectivity index is 1.46. The number of hydrogen-bond acceptors (Lipinski definition) is 3. The van der Waals surface area contributed by atoms with Crippen LogP contribution in [0.3, 0.4) is 0 Å². The lowest BCUT2D eigenvalue weighted by Gasteiger charge is -2.61. The van der Waals surface area contributed by atoms with Gasteiger partial charge in [-0.2, -0.15) is 0 Å². The van der Waals surface area contributed by atoms with E-state index in [1.165, 1.54) is 64.7 Å². The molecule has 182 valence electrons. The van der Waals surface area contributed by atoms with Crippen LogP contribution >= 0.6 is 0 Å². The van der Waals surface area contributed by atoms with E-state index < -0.39 is 6.10 Å². The van der Waals surface area contributed by atoms with Crippen LogP contribution < -0.4 is 0 Å². The second kappa shape index (κ2) is 9.06. The van der Waals surface area contributed by atoms with Crippen molar-refractivity contribution in [3.05, 3.63) is 0 Å². The second-order valence-electron chi connectivity index (χ2n) is 13.2. The molecule has 32 heavy (non-hydrogen) atoms. The van der Waals surface area contributed by atoms with Gasteiger partial charge in [-0.05, 0) is 97.2 Å². The van der Waals surface area contributed by atoms with E-state index in [9.17, 15) is 9.59 Å². The summed E-state index contributed by atoms with van der Waals surface area (Å²) in [6.45, 7) is 13.7. The fourth-order valence-corrected chi connectivity index (χ4v) is 9.42. The van der Waals surface area contributed by atoms with Crippen molar-refractivity contribution < 1.29 is 14.3 Å². The number of Topliss-reactive ketones (excluding diaryl/α,β-unsaturated/α-hetero) is 1. The zero-order chi connectivity index (χ0) is 23.3. The average molecular weight is 445 g/mol. The highest BCUT2D eigenvalue weighted by atomic mass is 16.5. The highest BCUT2D eigenvalue weighted by molar-refractivity contribution is 5.86. The summed E-state index contributed by atoms with van der Waals surface area (Å²) < 4.78 is 5.42. The number of ether oxygens (including phenoxy) is 1. The number of esters is 1. The van der Waals surface area contributed by atoms with E-state index in [4.69, 9.17) is 4.74 Å². The maximum Gasteiger partial charge on any atom is 0.303 e. The number of ketones is 1. The van der Waals surface area contributed by atoms with Gasteiger partial charge in [0.2, 0.25) is 0 Å². The molecule has 0 aliphatic heterocycles. The maximum absolute atomic E-state index is 13.0. The Morgan fingerprint density at radius 1 is 1.00 bits per heavy atom. The van der Waals surface area contributed by atoms with E-state index in [2.05, 4.69) is 34.6 Å². The van der Waals surface area contributed by atoms with Crippen LogP contribution in [-0.4, -0.2) is 17.9 Å². The summed E-state index contributed by atoms with van der Waals surface area (Å²) in [6, 6.07) is 0. The molecule has 0 amide bonds. The van der Waals surface area contributed by atoms with Crippen LogP contribution in [-0.2, 0) is 14.3 Å². The van der Waals surface area contributed by atoms with Gasteiger partial charge in [-0.15, -0.1) is 0 Å². The predicted octanol–water partition coefficient (Wildman–Crippen LogP) is 7.22. The van der Waals surface area contributed by atoms with Crippen LogP contribution in [0.25, 0.3) is 0 Å². The summed E-state index contributed by atoms with van der Waals surface area (Å²) in [5.74, 6) is 5.25. The molecule has 0 spiro atoms. The molecule has 0 aromatic carbocycles. The molecule has 9 unspecified atom stereocenters. The molecule has 0 N–H and O–H groups in total. The number of carbonyl (C=O) groups excluding carboxylic acids is 2. The van der Waals surface area contributed by atoms with Crippen LogP contribution in [0.15, 0.2) is 0 Å². The lowest BCUT2D eigenvalue weighted by atomic mass is 9.44. The van der Waals surface area contributed by atoms with Gasteiger partial charge in [0.05, 0.1) is 0 Å². The molecule has 0 bridgehead atoms. The molecule has 4 rings (SSSR count). The van der Waals surface area contributed by atoms with Crippen molar-refractivity contribution in [3.63, 3.8) is 0 Å². The molecular formula is C29H48O3. The molecule has 4 aliphatic carbocycles. The number of hydrogen-bond donors (Lipinski definition) is 0. The molecule has 0 radical (unpaired) electrons. The van der Waals surface area contributed by atoms with Gasteiger partial charge in [0.25, 0.3) is 0 Å². The Morgan fingerprint density at radius 2 is 1.72 bits per heavy atom. The minimum absolute atomic E-state index is 0.110. The summed E-state index contributed by atoms with van der Waals surface area (Å²) >= 11 is 0. The van der Waals surface area contributed by atoms with Gasteiger partial charge in [-0.25, -0.2) is 0 Å². The van der Waals surface area contributed by atoms with E-state index in [1.807, 2.05) is 0 Å². The van der Waals surface area contributed by atoms with E-state index in [0.29, 0.717) is 23.7 Å². The Morgan fingerprint density at radius 3 is 2.41 bits per heavy atom. The number of fused-ring (bicyclic) bond motifs is 5. The SMILES string of the molecule is CC(=O)OC1CC2CCC3C(CCC4(C)C(C(C)CCCC(C)C)CCC34)C2(C)CC1=O. The Hall–Kier alpha value is -0.860. The molecule has 4 aliphatic rings. The van der Waals surface area contributed by atoms with Crippen LogP contribution in [0.2, 0.25) is 0 Å². The van der Waals surface area contributed by atoms with Gasteiger partial charge in [0, 0.05) is 13.3 Å². The Bertz CT molecular complexity index is 713. The standard InChI is InChI=1S/C29H48O3/c1-18(2)8-7-9-19(3)23-12-13-24-22-11-10-21-16-27(32-20(4)30)26(31)17-29(21,6)25(22)14-15-28(23,24)5/h18-19,21-25,27H,7-17H2,1-6H3. The average Bonchev–Trinajstić information content (AvgIpc) is 3.05. The lowest BCUT2D eigenvalue weighted by molar-refractivity contribution is -0.170. The first kappa shape index (κ1) is 24.3. The van der Waals surface area contributed by atoms with Crippen molar-refractivity contribution in [2.75, 3.05) is 0 Å². The normalized spacial score (nSPS) is 44.5. The highest BCUT2D eigenvalue weighted by Gasteiger charge is 2.61. The third kappa shape index (κ3) is 4.20. The molecule has 4 fully saturated rings. The molecule has 0 aromatic heterocycles. The molecule has 3 nitrogen and oxygen atoms in total. The first-order valence-electron chi connectivity index (χ1n) is 13.8. The fraction of sp³-hybridized carbons (Fsp3) is 0.931. The minimum atomic E-state index is -0.487. The summed E-state index contributed by atoms with van der Waals surface area (Å²) in [6.07, 6.45) is 13.0. The van der Waals surface area contributed by atoms with E-state index >= 15 is 0 Å². The van der Waals surface area contributed by atoms with Crippen molar-refractivity contribution >= 4 is 11.8 Å². The van der Waals surface area contributed by atoms with Crippen LogP contribution in [0.1, 0.15) is 112 Å². The summed E-state index contributed by atoms with van der Waals surface area (Å²) in [4.78, 5) is 24.5. The van der Waals surface area contributed by atoms with Gasteiger partial charge in [-0.1, -0.05) is 53.9 Å². The zero-order valence-corrected chi connectivity index (χ0v) is 21.6. The number of rotatable bonds is 6. The van der Waals surface area contributed by atoms with Gasteiger partial charge in [-0.3, -0.25) is 9.59 Å². The van der Waals surface area contributed by atoms with Crippen molar-refractivity contribution in [1.82, 2.24) is 0 Å². The topological polar surface area (TPSA) is 43.4 Å². The Labute approximate surface area is 196 Å². The van der Waals surface area contributed by atoms with Gasteiger partial charge < -0.3 is 4.74 Å². The smallest absolute Gasteiger partial charge is 0.303 e. The predicted molar refractivity (Wildman–Crippen MR) is 129 cm³/mol. The second-order valence-corrected chi connectivity index (χ2v) is 13.2. The lowest BCUT2D eigenvalue weighted by Crippen LogP contribution is -2.56. The van der Waals surface area contributed by atoms with E-state index in [-0.39, 0.29) is 17.2 Å². The van der Waals surface area contributed by atoms with Gasteiger partial charge in [0.1, 0.15) is 0 Å². The van der Waals surface area contributed by atoms with Crippen LogP contribution in [0.5, 0.6) is 0 Å². The fourth-order valence-electron chi connectivity index (χ4n) is 9.42. The monoisotopic (exact) mass is 444 g/mol. The first-order chi connectivity index (χ1) is 15.1. The molecule has 0 heterocycles. The number of carbonyl (C=O) groups is 2.